The van der Waals surface area contributed by atoms with E-state index in [-0.39, 0.29) is 0 Å². The van der Waals surface area contributed by atoms with E-state index in [4.69, 9.17) is 0 Å². The lowest BCUT2D eigenvalue weighted by Gasteiger charge is -2.34. The van der Waals surface area contributed by atoms with Crippen molar-refractivity contribution in [2.75, 3.05) is 0 Å². The summed E-state index contributed by atoms with van der Waals surface area (Å²) in [4.78, 5) is 26.4. The second-order valence-electron chi connectivity index (χ2n) is 10.8. The summed E-state index contributed by atoms with van der Waals surface area (Å²) in [5.74, 6) is -1.46. The van der Waals surface area contributed by atoms with E-state index >= 15 is 0 Å². The molecule has 2 amide bonds. The van der Waals surface area contributed by atoms with Gasteiger partial charge in [0.15, 0.2) is 0 Å². The molecule has 0 aliphatic carbocycles. The molecule has 0 aliphatic rings. The molecule has 0 unspecified atom stereocenters. The monoisotopic (exact) mass is 700 g/mol. The highest BCUT2D eigenvalue weighted by Crippen LogP contribution is 2.53. The molecule has 8 heteroatoms. The van der Waals surface area contributed by atoms with Crippen molar-refractivity contribution >= 4 is 55.4 Å². The molecule has 6 rings (SSSR count). The van der Waals surface area contributed by atoms with Gasteiger partial charge in [-0.3, -0.25) is 19.0 Å². The summed E-state index contributed by atoms with van der Waals surface area (Å²) in [5, 5.41) is 0. The Bertz CT molecular complexity index is 1560. The zero-order chi connectivity index (χ0) is 33.1. The molecule has 0 saturated heterocycles. The number of rotatable bonds is 12. The van der Waals surface area contributed by atoms with E-state index in [1.165, 1.54) is 21.6 Å². The summed E-state index contributed by atoms with van der Waals surface area (Å²) in [7, 11) is 5.28. The molecule has 0 aliphatic heterocycles. The number of carbonyl (C=O) groups is 2. The topological polar surface area (TPSA) is 58.2 Å². The average molecular weight is 701 g/mol. The molecule has 0 bridgehead atoms. The average Bonchev–Trinajstić information content (AvgIpc) is 3.17. The minimum Gasteiger partial charge on any atom is -0.282 e. The molecule has 238 valence electrons. The van der Waals surface area contributed by atoms with Crippen molar-refractivity contribution in [1.82, 2.24) is 9.44 Å². The first-order valence-corrected chi connectivity index (χ1v) is 19.6. The normalized spacial score (nSPS) is 11.4. The molecule has 6 aromatic carbocycles. The largest absolute Gasteiger partial charge is 0.320 e. The third kappa shape index (κ3) is 7.22. The first-order chi connectivity index (χ1) is 23.6. The molecule has 2 N–H and O–H groups in total. The summed E-state index contributed by atoms with van der Waals surface area (Å²) in [5.41, 5.74) is 6.36. The Kier molecular flexibility index (Phi) is 11.3. The van der Waals surface area contributed by atoms with Gasteiger partial charge in [-0.1, -0.05) is 204 Å². The molecule has 0 atom stereocenters. The number of amides is 2. The van der Waals surface area contributed by atoms with Crippen molar-refractivity contribution in [2.24, 2.45) is 0 Å². The highest BCUT2D eigenvalue weighted by atomic mass is 33.1. The number of hydrogen-bond donors (Lipinski definition) is 2. The Balaban J connectivity index is 1.20. The van der Waals surface area contributed by atoms with E-state index in [1.807, 2.05) is 109 Å². The van der Waals surface area contributed by atoms with Crippen LogP contribution in [0, 0.1) is 0 Å². The summed E-state index contributed by atoms with van der Waals surface area (Å²) >= 11 is 0. The molecule has 0 radical (unpaired) electrons. The van der Waals surface area contributed by atoms with Crippen molar-refractivity contribution in [3.63, 3.8) is 0 Å². The van der Waals surface area contributed by atoms with Crippen LogP contribution in [-0.4, -0.2) is 11.8 Å². The first-order valence-electron chi connectivity index (χ1n) is 15.3. The molecular formula is C40H32N2O2S4. The summed E-state index contributed by atoms with van der Waals surface area (Å²) in [6.07, 6.45) is 0. The van der Waals surface area contributed by atoms with Crippen LogP contribution in [0.4, 0.5) is 0 Å². The SMILES string of the molecule is O=C(NSSC(c1ccccc1)(c1ccccc1)c1ccccc1)C(=O)NSSC(c1ccccc1)(c1ccccc1)c1ccccc1. The number of benzene rings is 6. The molecule has 6 aromatic rings. The van der Waals surface area contributed by atoms with Crippen molar-refractivity contribution < 1.29 is 9.59 Å². The maximum Gasteiger partial charge on any atom is 0.320 e. The number of nitrogens with one attached hydrogen (secondary N) is 2. The standard InChI is InChI=1S/C40H32N2O2S4/c43-37(41-47-45-39(31-19-7-1-8-20-31,32-21-9-2-10-22-32)33-23-11-3-12-24-33)38(44)42-48-46-40(34-25-13-4-14-26-34,35-27-15-5-16-28-35)36-29-17-6-18-30-36/h1-30H,(H,41,43)(H,42,44). The predicted molar refractivity (Wildman–Crippen MR) is 205 cm³/mol. The Hall–Kier alpha value is -4.34. The molecule has 0 heterocycles. The van der Waals surface area contributed by atoms with E-state index in [0.29, 0.717) is 0 Å². The summed E-state index contributed by atoms with van der Waals surface area (Å²) in [6, 6.07) is 61.2. The van der Waals surface area contributed by atoms with Gasteiger partial charge in [0.05, 0.1) is 0 Å². The highest BCUT2D eigenvalue weighted by Gasteiger charge is 2.39. The summed E-state index contributed by atoms with van der Waals surface area (Å²) < 4.78 is 4.29. The van der Waals surface area contributed by atoms with E-state index in [0.717, 1.165) is 55.3 Å². The van der Waals surface area contributed by atoms with Gasteiger partial charge < -0.3 is 0 Å². The smallest absolute Gasteiger partial charge is 0.282 e. The van der Waals surface area contributed by atoms with Gasteiger partial charge in [0, 0.05) is 22.0 Å². The molecule has 48 heavy (non-hydrogen) atoms. The third-order valence-electron chi connectivity index (χ3n) is 7.89. The lowest BCUT2D eigenvalue weighted by molar-refractivity contribution is -0.136. The predicted octanol–water partition coefficient (Wildman–Crippen LogP) is 9.80. The van der Waals surface area contributed by atoms with Crippen LogP contribution in [0.3, 0.4) is 0 Å². The Morgan fingerprint density at radius 3 is 0.708 bits per heavy atom. The van der Waals surface area contributed by atoms with E-state index in [2.05, 4.69) is 82.2 Å². The molecule has 0 saturated carbocycles. The maximum absolute atomic E-state index is 13.2. The van der Waals surface area contributed by atoms with Gasteiger partial charge in [-0.15, -0.1) is 0 Å². The van der Waals surface area contributed by atoms with Gasteiger partial charge in [0.1, 0.15) is 9.49 Å². The second kappa shape index (κ2) is 16.2. The van der Waals surface area contributed by atoms with Gasteiger partial charge >= 0.3 is 11.8 Å². The summed E-state index contributed by atoms with van der Waals surface area (Å²) in [6.45, 7) is 0. The van der Waals surface area contributed by atoms with Gasteiger partial charge in [0.2, 0.25) is 0 Å². The van der Waals surface area contributed by atoms with Crippen LogP contribution in [0.15, 0.2) is 182 Å². The number of carbonyl (C=O) groups excluding carboxylic acids is 2. The van der Waals surface area contributed by atoms with E-state index in [1.54, 1.807) is 0 Å². The lowest BCUT2D eigenvalue weighted by Crippen LogP contribution is -2.34. The van der Waals surface area contributed by atoms with Crippen LogP contribution in [0.5, 0.6) is 0 Å². The van der Waals surface area contributed by atoms with Crippen LogP contribution >= 0.6 is 43.5 Å². The van der Waals surface area contributed by atoms with E-state index < -0.39 is 21.3 Å². The zero-order valence-corrected chi connectivity index (χ0v) is 29.0. The van der Waals surface area contributed by atoms with Crippen molar-refractivity contribution in [3.8, 4) is 0 Å². The Labute approximate surface area is 297 Å². The van der Waals surface area contributed by atoms with Crippen LogP contribution in [0.1, 0.15) is 33.4 Å². The lowest BCUT2D eigenvalue weighted by atomic mass is 9.84. The fraction of sp³-hybridized carbons (Fsp3) is 0.0500. The van der Waals surface area contributed by atoms with Crippen LogP contribution in [-0.2, 0) is 19.1 Å². The molecule has 4 nitrogen and oxygen atoms in total. The van der Waals surface area contributed by atoms with E-state index in [9.17, 15) is 9.59 Å². The minimum absolute atomic E-state index is 0.649. The maximum atomic E-state index is 13.2. The molecule has 0 fully saturated rings. The van der Waals surface area contributed by atoms with Gasteiger partial charge in [0.25, 0.3) is 0 Å². The molecule has 0 spiro atoms. The van der Waals surface area contributed by atoms with Gasteiger partial charge in [-0.2, -0.15) is 0 Å². The van der Waals surface area contributed by atoms with Crippen LogP contribution < -0.4 is 9.44 Å². The third-order valence-corrected chi connectivity index (χ3v) is 13.0. The first kappa shape index (κ1) is 33.6. The Morgan fingerprint density at radius 1 is 0.333 bits per heavy atom. The quantitative estimate of drug-likeness (QED) is 0.0574. The zero-order valence-electron chi connectivity index (χ0n) is 25.8. The fourth-order valence-corrected chi connectivity index (χ4v) is 10.9. The minimum atomic E-state index is -0.728. The fourth-order valence-electron chi connectivity index (χ4n) is 5.66. The molecule has 0 aromatic heterocycles. The second-order valence-corrected chi connectivity index (χ2v) is 15.1. The van der Waals surface area contributed by atoms with Crippen LogP contribution in [0.2, 0.25) is 0 Å². The van der Waals surface area contributed by atoms with Crippen molar-refractivity contribution in [2.45, 2.75) is 9.49 Å². The van der Waals surface area contributed by atoms with Crippen LogP contribution in [0.25, 0.3) is 0 Å². The Morgan fingerprint density at radius 2 is 0.521 bits per heavy atom. The number of hydrogen-bond acceptors (Lipinski definition) is 6. The van der Waals surface area contributed by atoms with Crippen molar-refractivity contribution in [1.29, 1.82) is 0 Å². The van der Waals surface area contributed by atoms with Gasteiger partial charge in [-0.25, -0.2) is 0 Å². The van der Waals surface area contributed by atoms with Gasteiger partial charge in [-0.05, 0) is 33.4 Å². The molecular weight excluding hydrogens is 669 g/mol. The highest BCUT2D eigenvalue weighted by molar-refractivity contribution is 8.77. The van der Waals surface area contributed by atoms with Crippen molar-refractivity contribution in [3.05, 3.63) is 215 Å².